The first-order valence-corrected chi connectivity index (χ1v) is 37.9. The van der Waals surface area contributed by atoms with Crippen molar-refractivity contribution >= 4 is 45.0 Å². The molecule has 7 aliphatic heterocycles. The second kappa shape index (κ2) is 32.7. The van der Waals surface area contributed by atoms with Gasteiger partial charge in [-0.25, -0.2) is 15.0 Å². The van der Waals surface area contributed by atoms with Crippen molar-refractivity contribution in [2.24, 2.45) is 89.9 Å². The molecule has 0 spiro atoms. The van der Waals surface area contributed by atoms with E-state index in [1.54, 1.807) is 31.4 Å². The van der Waals surface area contributed by atoms with E-state index in [1.807, 2.05) is 74.0 Å². The van der Waals surface area contributed by atoms with Crippen LogP contribution in [0, 0.1) is 89.8 Å². The van der Waals surface area contributed by atoms with Crippen molar-refractivity contribution in [1.82, 2.24) is 77.1 Å². The molecule has 8 N–H and O–H groups in total. The number of fused-ring (bicyclic) bond motifs is 7. The molecule has 1 aromatic carbocycles. The molecule has 14 aliphatic rings. The highest BCUT2D eigenvalue weighted by Crippen LogP contribution is 2.45. The highest BCUT2D eigenvalue weighted by Gasteiger charge is 2.38. The van der Waals surface area contributed by atoms with E-state index < -0.39 is 0 Å². The maximum Gasteiger partial charge on any atom is 0.136 e. The number of H-pyrrole nitrogens is 1. The molecule has 7 saturated heterocycles. The van der Waals surface area contributed by atoms with E-state index >= 15 is 0 Å². The van der Waals surface area contributed by atoms with Gasteiger partial charge in [-0.05, 0) is 250 Å². The second-order valence-corrected chi connectivity index (χ2v) is 30.8. The van der Waals surface area contributed by atoms with Gasteiger partial charge in [0.15, 0.2) is 0 Å². The third kappa shape index (κ3) is 16.9. The molecular formula is C83H102ClN15O2. The van der Waals surface area contributed by atoms with Crippen LogP contribution in [-0.2, 0) is 13.5 Å². The minimum absolute atomic E-state index is 0.636. The first-order valence-electron chi connectivity index (χ1n) is 37.5. The number of halogens is 1. The molecule has 0 amide bonds. The normalized spacial score (nSPS) is 29.7. The van der Waals surface area contributed by atoms with E-state index in [0.29, 0.717) is 17.0 Å². The predicted molar refractivity (Wildman–Crippen MR) is 405 cm³/mol. The number of aromatic amines is 1. The van der Waals surface area contributed by atoms with E-state index in [0.717, 1.165) is 165 Å². The van der Waals surface area contributed by atoms with Gasteiger partial charge < -0.3 is 46.4 Å². The van der Waals surface area contributed by atoms with Crippen LogP contribution in [0.15, 0.2) is 175 Å². The number of rotatable bonds is 9. The van der Waals surface area contributed by atoms with Crippen molar-refractivity contribution in [2.75, 3.05) is 98.7 Å². The van der Waals surface area contributed by atoms with Crippen molar-refractivity contribution in [3.05, 3.63) is 221 Å². The molecule has 21 rings (SSSR count). The number of benzene rings is 1. The number of hydrogen-bond donors (Lipinski definition) is 8. The fraction of sp³-hybridized carbons (Fsp3) is 0.470. The molecule has 18 heteroatoms. The van der Waals surface area contributed by atoms with Crippen LogP contribution < -0.4 is 42.0 Å². The van der Waals surface area contributed by atoms with Crippen LogP contribution in [0.3, 0.4) is 0 Å². The fourth-order valence-corrected chi connectivity index (χ4v) is 18.5. The maximum absolute atomic E-state index is 6.09. The summed E-state index contributed by atoms with van der Waals surface area (Å²) in [5.41, 5.74) is 17.8. The minimum Gasteiger partial charge on any atom is -0.496 e. The van der Waals surface area contributed by atoms with E-state index in [9.17, 15) is 0 Å². The summed E-state index contributed by atoms with van der Waals surface area (Å²) in [6.45, 7) is 18.3. The molecule has 7 fully saturated rings. The number of hydrogen-bond acceptors (Lipinski definition) is 15. The summed E-state index contributed by atoms with van der Waals surface area (Å²) in [6.07, 6.45) is 45.3. The van der Waals surface area contributed by atoms with Crippen molar-refractivity contribution in [3.8, 4) is 5.75 Å². The van der Waals surface area contributed by atoms with Crippen LogP contribution in [-0.4, -0.2) is 139 Å². The van der Waals surface area contributed by atoms with Gasteiger partial charge in [-0.3, -0.25) is 14.8 Å². The van der Waals surface area contributed by atoms with Gasteiger partial charge in [0.05, 0.1) is 19.5 Å². The van der Waals surface area contributed by atoms with Crippen LogP contribution in [0.5, 0.6) is 5.75 Å². The summed E-state index contributed by atoms with van der Waals surface area (Å²) in [5, 5.41) is 35.7. The summed E-state index contributed by atoms with van der Waals surface area (Å²) in [6, 6.07) is 20.9. The molecule has 0 radical (unpaired) electrons. The monoisotopic (exact) mass is 1380 g/mol. The molecule has 14 atom stereocenters. The Morgan fingerprint density at radius 2 is 0.960 bits per heavy atom. The van der Waals surface area contributed by atoms with Crippen molar-refractivity contribution in [1.29, 1.82) is 0 Å². The lowest BCUT2D eigenvalue weighted by Crippen LogP contribution is -2.09. The van der Waals surface area contributed by atoms with Crippen LogP contribution in [0.4, 0.5) is 0 Å². The number of pyridine rings is 2. The smallest absolute Gasteiger partial charge is 0.136 e. The molecular weight excluding hydrogens is 1270 g/mol. The van der Waals surface area contributed by atoms with Crippen molar-refractivity contribution in [2.45, 2.75) is 58.3 Å². The lowest BCUT2D eigenvalue weighted by atomic mass is 9.98. The average molecular weight is 1380 g/mol. The van der Waals surface area contributed by atoms with Crippen LogP contribution >= 0.6 is 11.6 Å². The largest absolute Gasteiger partial charge is 0.496 e. The Balaban J connectivity index is 0.0000000955. The van der Waals surface area contributed by atoms with Gasteiger partial charge in [0, 0.05) is 124 Å². The van der Waals surface area contributed by atoms with E-state index in [4.69, 9.17) is 20.8 Å². The Morgan fingerprint density at radius 1 is 0.465 bits per heavy atom. The van der Waals surface area contributed by atoms with Gasteiger partial charge >= 0.3 is 0 Å². The molecule has 6 aromatic heterocycles. The Labute approximate surface area is 601 Å². The highest BCUT2D eigenvalue weighted by molar-refractivity contribution is 6.31. The van der Waals surface area contributed by atoms with Crippen molar-refractivity contribution < 1.29 is 9.15 Å². The van der Waals surface area contributed by atoms with E-state index in [1.165, 1.54) is 133 Å². The molecule has 528 valence electrons. The molecule has 7 aromatic rings. The third-order valence-corrected chi connectivity index (χ3v) is 24.1. The molecule has 14 unspecified atom stereocenters. The van der Waals surface area contributed by atoms with Gasteiger partial charge in [0.2, 0.25) is 0 Å². The summed E-state index contributed by atoms with van der Waals surface area (Å²) >= 11 is 6.09. The van der Waals surface area contributed by atoms with Gasteiger partial charge in [-0.15, -0.1) is 0 Å². The highest BCUT2D eigenvalue weighted by atomic mass is 35.5. The number of ether oxygens (including phenoxy) is 1. The summed E-state index contributed by atoms with van der Waals surface area (Å²) in [7, 11) is 3.69. The topological polar surface area (TPSA) is 205 Å². The van der Waals surface area contributed by atoms with Gasteiger partial charge in [-0.2, -0.15) is 10.2 Å². The summed E-state index contributed by atoms with van der Waals surface area (Å²) in [5.74, 6) is 14.0. The predicted octanol–water partition coefficient (Wildman–Crippen LogP) is 11.9. The molecule has 0 saturated carbocycles. The summed E-state index contributed by atoms with van der Waals surface area (Å²) < 4.78 is 12.9. The maximum atomic E-state index is 6.09. The number of nitrogens with one attached hydrogen (secondary N) is 8. The SMILES string of the molecule is C1=C(Cc2ccccc2)CC2CNCC12.C1=C(c2cn[nH]c2)CC2CNCC12.C1=C(c2cncnc2)CC2CNCC12.COc1ccncc1C1=CC2CNCC2C1.Cc1ccc(C2=CC3CNCC3C2)o1.Clc1ncccc1C1=CC2CNCC2C1.Cn1cc(C2=CC3CNCC3C2)cn1. The second-order valence-electron chi connectivity index (χ2n) is 30.5. The zero-order valence-corrected chi connectivity index (χ0v) is 59.8. The Hall–Kier alpha value is -7.71. The van der Waals surface area contributed by atoms with E-state index in [-0.39, 0.29) is 0 Å². The zero-order chi connectivity index (χ0) is 68.4. The number of aromatic nitrogens is 8. The summed E-state index contributed by atoms with van der Waals surface area (Å²) in [4.78, 5) is 16.4. The zero-order valence-electron chi connectivity index (χ0n) is 59.1. The molecule has 17 nitrogen and oxygen atoms in total. The van der Waals surface area contributed by atoms with Gasteiger partial charge in [-0.1, -0.05) is 96.1 Å². The van der Waals surface area contributed by atoms with Gasteiger partial charge in [0.25, 0.3) is 0 Å². The third-order valence-electron chi connectivity index (χ3n) is 23.8. The Kier molecular flexibility index (Phi) is 22.4. The van der Waals surface area contributed by atoms with E-state index in [2.05, 4.69) is 164 Å². The quantitative estimate of drug-likeness (QED) is 0.0500. The first-order chi connectivity index (χ1) is 49.7. The van der Waals surface area contributed by atoms with Crippen LogP contribution in [0.1, 0.15) is 89.8 Å². The number of furan rings is 1. The minimum atomic E-state index is 0.636. The number of nitrogens with zero attached hydrogens (tertiary/aromatic N) is 7. The number of allylic oxidation sites excluding steroid dienone is 7. The fourth-order valence-electron chi connectivity index (χ4n) is 18.3. The molecule has 0 bridgehead atoms. The average Bonchev–Trinajstić information content (AvgIpc) is 1.70. The van der Waals surface area contributed by atoms with Crippen LogP contribution in [0.2, 0.25) is 5.15 Å². The number of aryl methyl sites for hydroxylation is 2. The van der Waals surface area contributed by atoms with Gasteiger partial charge in [0.1, 0.15) is 28.8 Å². The molecule has 7 aliphatic carbocycles. The van der Waals surface area contributed by atoms with Crippen molar-refractivity contribution in [3.63, 3.8) is 0 Å². The Bertz CT molecular complexity index is 4060. The molecule has 101 heavy (non-hydrogen) atoms. The number of methoxy groups -OCH3 is 1. The Morgan fingerprint density at radius 3 is 1.45 bits per heavy atom. The standard InChI is InChI=1S/C14H17N.C13H16N2O.C12H13ClN2.C12H15NO.C11H15N3.C11H13N3.C10H13N3/c1-2-4-11(5-3-1)6-12-7-13-9-15-10-14(13)8-12;1-16-13-2-3-14-8-12(13)9-4-10-6-15-7-11(10)5-9;13-12-11(2-1-3-15-12)8-4-9-6-14-7-10(9)5-8;1-8-2-3-12(14-8)9-4-10-6-13-7-11(10)5-9;1-14-7-11(6-13-14)8-2-9-4-12-5-10(9)3-8;1-8(11-5-13-7-14-6-11)2-10-4-12-3-9(1)10;1-7(10-5-12-13-6-10)2-9-4-11-3-8(1)9/h1-5,7,13-15H,6,8-10H2;2-4,8,10-11,15H,5-7H2,1H3;1-4,9-10,14H,5-7H2;2-4,10-11,13H,5-7H2,1H3;2,6-7,9-10,12H,3-5H2,1H3;1,5-7,9-10,12H,2-4H2;1,5-6,8-9,11H,2-4H2,(H,12,13). The molecule has 13 heterocycles. The lowest BCUT2D eigenvalue weighted by Gasteiger charge is -2.09. The van der Waals surface area contributed by atoms with Crippen LogP contribution in [0.25, 0.3) is 33.4 Å². The lowest BCUT2D eigenvalue weighted by molar-refractivity contribution is 0.412. The first kappa shape index (κ1) is 69.0.